The van der Waals surface area contributed by atoms with Crippen molar-refractivity contribution in [3.05, 3.63) is 81.8 Å². The minimum absolute atomic E-state index is 0.00531. The van der Waals surface area contributed by atoms with Gasteiger partial charge in [0.2, 0.25) is 13.8 Å². The smallest absolute Gasteiger partial charge is 0.245 e. The van der Waals surface area contributed by atoms with Crippen molar-refractivity contribution in [2.24, 2.45) is 5.73 Å². The van der Waals surface area contributed by atoms with E-state index in [1.165, 1.54) is 16.3 Å². The molecule has 1 heterocycles. The second-order valence-electron chi connectivity index (χ2n) is 9.85. The summed E-state index contributed by atoms with van der Waals surface area (Å²) in [5.41, 5.74) is 7.84. The molecule has 1 aliphatic rings. The molecule has 0 saturated carbocycles. The lowest BCUT2D eigenvalue weighted by atomic mass is 9.99. The van der Waals surface area contributed by atoms with Gasteiger partial charge in [-0.1, -0.05) is 71.7 Å². The fourth-order valence-corrected chi connectivity index (χ4v) is 5.66. The van der Waals surface area contributed by atoms with Crippen LogP contribution in [0.4, 0.5) is 4.79 Å². The van der Waals surface area contributed by atoms with Crippen molar-refractivity contribution in [2.45, 2.75) is 37.8 Å². The number of nitrogens with one attached hydrogen (secondary N) is 1. The predicted molar refractivity (Wildman–Crippen MR) is 156 cm³/mol. The number of hydrogen-bond donors (Lipinski definition) is 2. The summed E-state index contributed by atoms with van der Waals surface area (Å²) < 4.78 is 0. The van der Waals surface area contributed by atoms with Crippen molar-refractivity contribution in [1.29, 1.82) is 0 Å². The minimum atomic E-state index is -0.823. The minimum Gasteiger partial charge on any atom is -0.354 e. The molecule has 9 heteroatoms. The molecule has 38 heavy (non-hydrogen) atoms. The van der Waals surface area contributed by atoms with Gasteiger partial charge in [-0.3, -0.25) is 14.5 Å². The summed E-state index contributed by atoms with van der Waals surface area (Å²) in [6, 6.07) is 19.3. The SMILES string of the molecule is [B]C(=O)N[C@H](Cc1ccc(Cl)cc1Cl)C(=O)N1CCN(CCc2ccc3ccccc3c2)C[C@@H]1CCCN. The second-order valence-corrected chi connectivity index (χ2v) is 10.7. The average molecular weight is 551 g/mol. The number of nitrogens with two attached hydrogens (primary N) is 1. The fourth-order valence-electron chi connectivity index (χ4n) is 5.17. The summed E-state index contributed by atoms with van der Waals surface area (Å²) in [4.78, 5) is 29.8. The molecule has 3 aromatic carbocycles. The van der Waals surface area contributed by atoms with Gasteiger partial charge in [0.25, 0.3) is 0 Å². The van der Waals surface area contributed by atoms with Crippen molar-refractivity contribution in [3.63, 3.8) is 0 Å². The van der Waals surface area contributed by atoms with Crippen LogP contribution in [0.5, 0.6) is 0 Å². The van der Waals surface area contributed by atoms with Crippen molar-refractivity contribution in [1.82, 2.24) is 15.1 Å². The van der Waals surface area contributed by atoms with Crippen LogP contribution in [0.15, 0.2) is 60.7 Å². The lowest BCUT2D eigenvalue weighted by molar-refractivity contribution is -0.138. The Bertz CT molecular complexity index is 1270. The van der Waals surface area contributed by atoms with E-state index < -0.39 is 11.8 Å². The molecule has 2 radical (unpaired) electrons. The number of piperazine rings is 1. The first kappa shape index (κ1) is 28.4. The number of halogens is 2. The van der Waals surface area contributed by atoms with E-state index in [2.05, 4.69) is 52.7 Å². The van der Waals surface area contributed by atoms with Gasteiger partial charge in [-0.05, 0) is 59.8 Å². The molecule has 0 aliphatic carbocycles. The van der Waals surface area contributed by atoms with Gasteiger partial charge in [-0.15, -0.1) is 0 Å². The number of rotatable bonds is 10. The van der Waals surface area contributed by atoms with Crippen LogP contribution >= 0.6 is 23.2 Å². The average Bonchev–Trinajstić information content (AvgIpc) is 2.91. The van der Waals surface area contributed by atoms with Gasteiger partial charge in [0.15, 0.2) is 5.81 Å². The molecule has 1 aliphatic heterocycles. The molecule has 0 spiro atoms. The van der Waals surface area contributed by atoms with E-state index in [4.69, 9.17) is 36.8 Å². The second kappa shape index (κ2) is 13.5. The molecule has 0 aromatic heterocycles. The highest BCUT2D eigenvalue weighted by atomic mass is 35.5. The summed E-state index contributed by atoms with van der Waals surface area (Å²) >= 11 is 12.4. The zero-order valence-electron chi connectivity index (χ0n) is 21.4. The first-order valence-corrected chi connectivity index (χ1v) is 13.8. The standard InChI is InChI=1S/C29H33BCl2N4O2/c30-29(38)34-27(17-23-9-10-24(31)18-26(23)32)28(37)36-15-14-35(19-25(36)6-3-12-33)13-11-20-7-8-21-4-1-2-5-22(21)16-20/h1-2,4-5,7-10,16,18,25,27H,3,6,11-15,17,19,33H2,(H,34,38)/t25-,27+/m0/s1. The van der Waals surface area contributed by atoms with E-state index in [9.17, 15) is 9.59 Å². The third kappa shape index (κ3) is 7.51. The summed E-state index contributed by atoms with van der Waals surface area (Å²) in [5, 5.41) is 6.07. The number of fused-ring (bicyclic) bond motifs is 1. The first-order chi connectivity index (χ1) is 18.3. The quantitative estimate of drug-likeness (QED) is 0.366. The van der Waals surface area contributed by atoms with Crippen LogP contribution in [0.25, 0.3) is 10.8 Å². The third-order valence-corrected chi connectivity index (χ3v) is 7.76. The largest absolute Gasteiger partial charge is 0.354 e. The van der Waals surface area contributed by atoms with Gasteiger partial charge in [0.05, 0.1) is 0 Å². The van der Waals surface area contributed by atoms with Crippen LogP contribution < -0.4 is 11.1 Å². The maximum Gasteiger partial charge on any atom is 0.245 e. The summed E-state index contributed by atoms with van der Waals surface area (Å²) in [6.07, 6.45) is 2.76. The Morgan fingerprint density at radius 3 is 2.58 bits per heavy atom. The lowest BCUT2D eigenvalue weighted by Crippen LogP contribution is -2.60. The van der Waals surface area contributed by atoms with E-state index in [0.29, 0.717) is 23.1 Å². The topological polar surface area (TPSA) is 78.7 Å². The van der Waals surface area contributed by atoms with Crippen LogP contribution in [0, 0.1) is 0 Å². The van der Waals surface area contributed by atoms with Gasteiger partial charge < -0.3 is 16.0 Å². The normalized spacial score (nSPS) is 16.9. The Balaban J connectivity index is 1.44. The van der Waals surface area contributed by atoms with Crippen LogP contribution in [0.2, 0.25) is 10.0 Å². The molecule has 2 atom stereocenters. The maximum atomic E-state index is 13.7. The molecule has 3 aromatic rings. The Morgan fingerprint density at radius 1 is 1.05 bits per heavy atom. The van der Waals surface area contributed by atoms with Crippen LogP contribution in [-0.4, -0.2) is 74.2 Å². The number of carbonyl (C=O) groups is 2. The van der Waals surface area contributed by atoms with Gasteiger partial charge in [-0.25, -0.2) is 0 Å². The molecule has 2 amide bonds. The highest BCUT2D eigenvalue weighted by Crippen LogP contribution is 2.24. The third-order valence-electron chi connectivity index (χ3n) is 7.18. The van der Waals surface area contributed by atoms with Gasteiger partial charge in [0.1, 0.15) is 6.04 Å². The first-order valence-electron chi connectivity index (χ1n) is 13.0. The van der Waals surface area contributed by atoms with E-state index in [1.807, 2.05) is 4.90 Å². The number of amides is 2. The van der Waals surface area contributed by atoms with Gasteiger partial charge >= 0.3 is 0 Å². The molecule has 6 nitrogen and oxygen atoms in total. The molecular formula is C29H33BCl2N4O2. The highest BCUT2D eigenvalue weighted by Gasteiger charge is 2.34. The Kier molecular flexibility index (Phi) is 10.1. The van der Waals surface area contributed by atoms with Crippen LogP contribution in [0.1, 0.15) is 24.0 Å². The summed E-state index contributed by atoms with van der Waals surface area (Å²) in [6.45, 7) is 3.53. The molecule has 3 N–H and O–H groups in total. The molecule has 0 bridgehead atoms. The molecule has 1 saturated heterocycles. The Labute approximate surface area is 235 Å². The molecule has 4 rings (SSSR count). The number of benzene rings is 3. The Hall–Kier alpha value is -2.58. The maximum absolute atomic E-state index is 13.7. The van der Waals surface area contributed by atoms with Crippen molar-refractivity contribution >= 4 is 53.5 Å². The van der Waals surface area contributed by atoms with Crippen LogP contribution in [-0.2, 0) is 17.6 Å². The fraction of sp³-hybridized carbons (Fsp3) is 0.379. The number of hydrogen-bond acceptors (Lipinski definition) is 4. The van der Waals surface area contributed by atoms with Crippen LogP contribution in [0.3, 0.4) is 0 Å². The zero-order valence-corrected chi connectivity index (χ0v) is 22.9. The van der Waals surface area contributed by atoms with Crippen molar-refractivity contribution in [2.75, 3.05) is 32.7 Å². The zero-order chi connectivity index (χ0) is 27.1. The van der Waals surface area contributed by atoms with Crippen molar-refractivity contribution in [3.8, 4) is 0 Å². The number of carbonyl (C=O) groups excluding carboxylic acids is 2. The van der Waals surface area contributed by atoms with Gasteiger partial charge in [0, 0.05) is 48.7 Å². The highest BCUT2D eigenvalue weighted by molar-refractivity contribution is 6.57. The monoisotopic (exact) mass is 550 g/mol. The molecule has 0 unspecified atom stereocenters. The molecule has 198 valence electrons. The number of nitrogens with zero attached hydrogens (tertiary/aromatic N) is 2. The van der Waals surface area contributed by atoms with Crippen molar-refractivity contribution < 1.29 is 9.59 Å². The lowest BCUT2D eigenvalue weighted by Gasteiger charge is -2.43. The Morgan fingerprint density at radius 2 is 1.84 bits per heavy atom. The summed E-state index contributed by atoms with van der Waals surface area (Å²) in [7, 11) is 5.44. The van der Waals surface area contributed by atoms with E-state index in [0.717, 1.165) is 44.5 Å². The summed E-state index contributed by atoms with van der Waals surface area (Å²) in [5.74, 6) is -0.910. The predicted octanol–water partition coefficient (Wildman–Crippen LogP) is 4.43. The molecule has 1 fully saturated rings. The molecular weight excluding hydrogens is 518 g/mol. The van der Waals surface area contributed by atoms with E-state index in [1.54, 1.807) is 18.2 Å². The van der Waals surface area contributed by atoms with Gasteiger partial charge in [-0.2, -0.15) is 0 Å². The van der Waals surface area contributed by atoms with E-state index >= 15 is 0 Å². The van der Waals surface area contributed by atoms with E-state index in [-0.39, 0.29) is 18.4 Å².